The second-order valence-corrected chi connectivity index (χ2v) is 3.77. The zero-order valence-corrected chi connectivity index (χ0v) is 15.6. The quantitative estimate of drug-likeness (QED) is 0.238. The van der Waals surface area contributed by atoms with Gasteiger partial charge in [-0.15, -0.1) is 0 Å². The Morgan fingerprint density at radius 3 is 1.58 bits per heavy atom. The molecule has 148 valence electrons. The fraction of sp³-hybridized carbons (Fsp3) is 0.333. The van der Waals surface area contributed by atoms with Crippen molar-refractivity contribution in [3.05, 3.63) is 50.8 Å². The molecule has 8 heteroatoms. The van der Waals surface area contributed by atoms with Crippen LogP contribution in [0.15, 0.2) is 50.8 Å². The molecule has 0 aliphatic heterocycles. The number of aliphatic carboxylic acids is 1. The van der Waals surface area contributed by atoms with Gasteiger partial charge < -0.3 is 19.3 Å². The van der Waals surface area contributed by atoms with E-state index in [9.17, 15) is 19.2 Å². The summed E-state index contributed by atoms with van der Waals surface area (Å²) in [5, 5.41) is 7.60. The molecule has 0 aromatic heterocycles. The van der Waals surface area contributed by atoms with E-state index in [1.165, 1.54) is 20.1 Å². The predicted octanol–water partition coefficient (Wildman–Crippen LogP) is 2.81. The number of carbonyl (C=O) groups excluding carboxylic acids is 3. The van der Waals surface area contributed by atoms with Crippen LogP contribution in [0.3, 0.4) is 0 Å². The van der Waals surface area contributed by atoms with Crippen molar-refractivity contribution in [1.82, 2.24) is 0 Å². The van der Waals surface area contributed by atoms with Crippen LogP contribution in [0.4, 0.5) is 0 Å². The molecule has 0 atom stereocenters. The van der Waals surface area contributed by atoms with Crippen LogP contribution in [-0.4, -0.2) is 42.7 Å². The van der Waals surface area contributed by atoms with Gasteiger partial charge in [-0.2, -0.15) is 0 Å². The smallest absolute Gasteiger partial charge is 0.330 e. The summed E-state index contributed by atoms with van der Waals surface area (Å²) in [6, 6.07) is 0. The van der Waals surface area contributed by atoms with Crippen molar-refractivity contribution in [2.45, 2.75) is 26.7 Å². The minimum atomic E-state index is -0.981. The first-order valence-electron chi connectivity index (χ1n) is 7.29. The van der Waals surface area contributed by atoms with Gasteiger partial charge in [0.05, 0.1) is 20.0 Å². The normalized spacial score (nSPS) is 7.35. The van der Waals surface area contributed by atoms with Crippen molar-refractivity contribution in [1.29, 1.82) is 0 Å². The highest BCUT2D eigenvalue weighted by Crippen LogP contribution is 1.88. The lowest BCUT2D eigenvalue weighted by Gasteiger charge is -1.97. The highest BCUT2D eigenvalue weighted by atomic mass is 16.5. The van der Waals surface area contributed by atoms with Crippen LogP contribution in [0.1, 0.15) is 26.7 Å². The van der Waals surface area contributed by atoms with E-state index < -0.39 is 11.9 Å². The SMILES string of the molecule is C=CC(=O)O.C=CC(=O)OC.C=CC(=O)OCCCC.C=COC(C)=O. The van der Waals surface area contributed by atoms with Gasteiger partial charge in [0.2, 0.25) is 0 Å². The van der Waals surface area contributed by atoms with E-state index in [4.69, 9.17) is 5.11 Å². The predicted molar refractivity (Wildman–Crippen MR) is 98.1 cm³/mol. The molecule has 0 fully saturated rings. The Labute approximate surface area is 154 Å². The topological polar surface area (TPSA) is 116 Å². The van der Waals surface area contributed by atoms with Gasteiger partial charge in [0.25, 0.3) is 0 Å². The Hall–Kier alpha value is -3.16. The second-order valence-electron chi connectivity index (χ2n) is 3.77. The van der Waals surface area contributed by atoms with Gasteiger partial charge >= 0.3 is 23.9 Å². The van der Waals surface area contributed by atoms with Crippen LogP contribution in [0, 0.1) is 0 Å². The van der Waals surface area contributed by atoms with Crippen LogP contribution in [0.2, 0.25) is 0 Å². The lowest BCUT2D eigenvalue weighted by Crippen LogP contribution is -2.00. The molecule has 1 N–H and O–H groups in total. The second kappa shape index (κ2) is 26.7. The average Bonchev–Trinajstić information content (AvgIpc) is 2.62. The van der Waals surface area contributed by atoms with Crippen LogP contribution in [0.25, 0.3) is 0 Å². The van der Waals surface area contributed by atoms with Crippen LogP contribution < -0.4 is 0 Å². The Balaban J connectivity index is -0.000000128. The molecule has 0 heterocycles. The molecule has 0 radical (unpaired) electrons. The molecular weight excluding hydrogens is 344 g/mol. The fourth-order valence-corrected chi connectivity index (χ4v) is 0.577. The lowest BCUT2D eigenvalue weighted by molar-refractivity contribution is -0.138. The van der Waals surface area contributed by atoms with Crippen molar-refractivity contribution < 1.29 is 38.5 Å². The molecule has 0 aliphatic carbocycles. The minimum absolute atomic E-state index is 0.329. The lowest BCUT2D eigenvalue weighted by atomic mass is 10.4. The number of ether oxygens (including phenoxy) is 3. The molecular formula is C18H28O8. The van der Waals surface area contributed by atoms with Crippen molar-refractivity contribution in [2.75, 3.05) is 13.7 Å². The van der Waals surface area contributed by atoms with Crippen LogP contribution in [0.5, 0.6) is 0 Å². The van der Waals surface area contributed by atoms with Gasteiger partial charge in [-0.25, -0.2) is 14.4 Å². The molecule has 26 heavy (non-hydrogen) atoms. The third-order valence-corrected chi connectivity index (χ3v) is 1.70. The summed E-state index contributed by atoms with van der Waals surface area (Å²) in [4.78, 5) is 39.2. The van der Waals surface area contributed by atoms with Gasteiger partial charge in [0.15, 0.2) is 0 Å². The standard InChI is InChI=1S/C7H12O2.2C4H6O2.C3H4O2/c1-3-5-6-9-7(8)4-2;1-3-4(5)6-2;1-3-6-4(2)5;1-2-3(4)5/h4H,2-3,5-6H2,1H3;2*3H,1H2,2H3;2H,1H2,(H,4,5). The summed E-state index contributed by atoms with van der Waals surface area (Å²) in [6.45, 7) is 16.4. The van der Waals surface area contributed by atoms with E-state index in [0.29, 0.717) is 6.61 Å². The van der Waals surface area contributed by atoms with Crippen LogP contribution in [-0.2, 0) is 33.4 Å². The van der Waals surface area contributed by atoms with Gasteiger partial charge in [0.1, 0.15) is 0 Å². The number of esters is 3. The van der Waals surface area contributed by atoms with Gasteiger partial charge in [0, 0.05) is 25.2 Å². The summed E-state index contributed by atoms with van der Waals surface area (Å²) in [6.07, 6.45) is 6.20. The van der Waals surface area contributed by atoms with Crippen LogP contribution >= 0.6 is 0 Å². The van der Waals surface area contributed by atoms with E-state index in [1.54, 1.807) is 0 Å². The van der Waals surface area contributed by atoms with Gasteiger partial charge in [-0.05, 0) is 6.42 Å². The number of methoxy groups -OCH3 is 1. The molecule has 0 bridgehead atoms. The molecule has 0 saturated heterocycles. The van der Waals surface area contributed by atoms with E-state index in [0.717, 1.165) is 31.3 Å². The van der Waals surface area contributed by atoms with Crippen molar-refractivity contribution in [3.63, 3.8) is 0 Å². The number of hydrogen-bond donors (Lipinski definition) is 1. The molecule has 8 nitrogen and oxygen atoms in total. The first-order chi connectivity index (χ1) is 12.2. The minimum Gasteiger partial charge on any atom is -0.478 e. The number of hydrogen-bond acceptors (Lipinski definition) is 7. The summed E-state index contributed by atoms with van der Waals surface area (Å²) >= 11 is 0. The summed E-state index contributed by atoms with van der Waals surface area (Å²) < 4.78 is 13.0. The van der Waals surface area contributed by atoms with E-state index in [-0.39, 0.29) is 11.9 Å². The molecule has 0 aliphatic rings. The molecule has 0 aromatic carbocycles. The van der Waals surface area contributed by atoms with Crippen molar-refractivity contribution >= 4 is 23.9 Å². The number of carbonyl (C=O) groups is 4. The maximum Gasteiger partial charge on any atom is 0.330 e. The van der Waals surface area contributed by atoms with E-state index in [2.05, 4.69) is 40.5 Å². The zero-order valence-electron chi connectivity index (χ0n) is 15.6. The Morgan fingerprint density at radius 2 is 1.42 bits per heavy atom. The maximum absolute atomic E-state index is 10.3. The number of carboxylic acids is 1. The highest BCUT2D eigenvalue weighted by molar-refractivity contribution is 5.81. The summed E-state index contributed by atoms with van der Waals surface area (Å²) in [5.74, 6) is -2.03. The molecule has 0 unspecified atom stereocenters. The first-order valence-corrected chi connectivity index (χ1v) is 7.29. The summed E-state index contributed by atoms with van der Waals surface area (Å²) in [5.41, 5.74) is 0. The van der Waals surface area contributed by atoms with Crippen molar-refractivity contribution in [3.8, 4) is 0 Å². The molecule has 0 spiro atoms. The zero-order chi connectivity index (χ0) is 21.4. The van der Waals surface area contributed by atoms with Crippen molar-refractivity contribution in [2.24, 2.45) is 0 Å². The number of rotatable bonds is 7. The van der Waals surface area contributed by atoms with E-state index >= 15 is 0 Å². The van der Waals surface area contributed by atoms with E-state index in [1.807, 2.05) is 6.92 Å². The number of unbranched alkanes of at least 4 members (excludes halogenated alkanes) is 1. The molecule has 0 rings (SSSR count). The fourth-order valence-electron chi connectivity index (χ4n) is 0.577. The monoisotopic (exact) mass is 372 g/mol. The maximum atomic E-state index is 10.3. The summed E-state index contributed by atoms with van der Waals surface area (Å²) in [7, 11) is 1.31. The largest absolute Gasteiger partial charge is 0.478 e. The van der Waals surface area contributed by atoms with Gasteiger partial charge in [-0.3, -0.25) is 4.79 Å². The molecule has 0 aromatic rings. The highest BCUT2D eigenvalue weighted by Gasteiger charge is 1.91. The molecule has 0 saturated carbocycles. The Bertz CT molecular complexity index is 452. The first kappa shape index (κ1) is 30.7. The third kappa shape index (κ3) is 49.8. The Morgan fingerprint density at radius 1 is 0.962 bits per heavy atom. The molecule has 0 amide bonds. The third-order valence-electron chi connectivity index (χ3n) is 1.70. The Kier molecular flexibility index (Phi) is 31.5. The number of carboxylic acid groups (broad SMARTS) is 1. The average molecular weight is 372 g/mol. The van der Waals surface area contributed by atoms with Gasteiger partial charge in [-0.1, -0.05) is 39.7 Å².